The molecule has 2 heterocycles. The number of nitrogens with one attached hydrogen (secondary N) is 1. The molecule has 1 amide bonds. The van der Waals surface area contributed by atoms with Crippen LogP contribution in [0.25, 0.3) is 0 Å². The molecule has 3 nitrogen and oxygen atoms in total. The van der Waals surface area contributed by atoms with Crippen LogP contribution in [0.15, 0.2) is 15.2 Å². The lowest BCUT2D eigenvalue weighted by molar-refractivity contribution is 0.0712. The summed E-state index contributed by atoms with van der Waals surface area (Å²) in [5.41, 5.74) is 0.710. The lowest BCUT2D eigenvalue weighted by Crippen LogP contribution is -2.40. The van der Waals surface area contributed by atoms with Crippen molar-refractivity contribution in [1.82, 2.24) is 5.32 Å². The molecule has 1 fully saturated rings. The summed E-state index contributed by atoms with van der Waals surface area (Å²) in [5.74, 6) is -0.0232. The molecule has 0 aromatic carbocycles. The van der Waals surface area contributed by atoms with E-state index in [1.54, 1.807) is 0 Å². The highest BCUT2D eigenvalue weighted by molar-refractivity contribution is 9.11. The lowest BCUT2D eigenvalue weighted by Gasteiger charge is -2.19. The fourth-order valence-corrected chi connectivity index (χ4v) is 2.95. The Morgan fingerprint density at radius 1 is 1.75 bits per heavy atom. The van der Waals surface area contributed by atoms with Gasteiger partial charge in [0.1, 0.15) is 0 Å². The molecule has 2 unspecified atom stereocenters. The van der Waals surface area contributed by atoms with Crippen molar-refractivity contribution >= 4 is 33.2 Å². The van der Waals surface area contributed by atoms with Gasteiger partial charge in [-0.1, -0.05) is 0 Å². The number of thiophene rings is 1. The second kappa shape index (κ2) is 5.29. The summed E-state index contributed by atoms with van der Waals surface area (Å²) in [5, 5.41) is 4.82. The first-order valence-electron chi connectivity index (χ1n) is 5.33. The van der Waals surface area contributed by atoms with Gasteiger partial charge in [-0.15, -0.1) is 11.3 Å². The number of hydrogen-bond donors (Lipinski definition) is 1. The molecule has 0 aliphatic carbocycles. The van der Waals surface area contributed by atoms with E-state index in [1.165, 1.54) is 11.3 Å². The van der Waals surface area contributed by atoms with Crippen LogP contribution in [0, 0.1) is 0 Å². The predicted octanol–water partition coefficient (Wildman–Crippen LogP) is 2.81. The van der Waals surface area contributed by atoms with Crippen LogP contribution in [-0.4, -0.2) is 24.7 Å². The summed E-state index contributed by atoms with van der Waals surface area (Å²) in [6, 6.07) is 1.91. The molecule has 1 aliphatic rings. The predicted molar refractivity (Wildman–Crippen MR) is 67.9 cm³/mol. The molecular weight excluding hydrogens is 290 g/mol. The second-order valence-corrected chi connectivity index (χ2v) is 6.24. The first kappa shape index (κ1) is 12.1. The molecule has 5 heteroatoms. The Hall–Kier alpha value is -0.390. The summed E-state index contributed by atoms with van der Waals surface area (Å²) in [7, 11) is 0. The maximum absolute atomic E-state index is 11.8. The fourth-order valence-electron chi connectivity index (χ4n) is 1.81. The van der Waals surface area contributed by atoms with Gasteiger partial charge in [-0.2, -0.15) is 0 Å². The molecule has 2 atom stereocenters. The van der Waals surface area contributed by atoms with Crippen molar-refractivity contribution in [3.8, 4) is 0 Å². The van der Waals surface area contributed by atoms with E-state index in [-0.39, 0.29) is 18.1 Å². The van der Waals surface area contributed by atoms with Crippen molar-refractivity contribution in [2.75, 3.05) is 6.61 Å². The Kier molecular flexibility index (Phi) is 4.00. The molecule has 16 heavy (non-hydrogen) atoms. The zero-order valence-corrected chi connectivity index (χ0v) is 11.4. The van der Waals surface area contributed by atoms with Crippen molar-refractivity contribution in [1.29, 1.82) is 0 Å². The third-order valence-corrected chi connectivity index (χ3v) is 4.22. The van der Waals surface area contributed by atoms with Crippen LogP contribution < -0.4 is 5.32 Å². The van der Waals surface area contributed by atoms with E-state index in [0.29, 0.717) is 5.56 Å². The van der Waals surface area contributed by atoms with Gasteiger partial charge in [0.15, 0.2) is 0 Å². The average Bonchev–Trinajstić information content (AvgIpc) is 2.87. The van der Waals surface area contributed by atoms with Crippen molar-refractivity contribution in [3.63, 3.8) is 0 Å². The van der Waals surface area contributed by atoms with E-state index in [4.69, 9.17) is 4.74 Å². The number of amides is 1. The summed E-state index contributed by atoms with van der Waals surface area (Å²) < 4.78 is 6.51. The molecule has 0 radical (unpaired) electrons. The Labute approximate surface area is 107 Å². The van der Waals surface area contributed by atoms with E-state index in [1.807, 2.05) is 18.4 Å². The van der Waals surface area contributed by atoms with Crippen LogP contribution in [-0.2, 0) is 4.74 Å². The van der Waals surface area contributed by atoms with Gasteiger partial charge in [0.2, 0.25) is 0 Å². The summed E-state index contributed by atoms with van der Waals surface area (Å²) in [6.45, 7) is 2.81. The zero-order valence-electron chi connectivity index (χ0n) is 9.03. The van der Waals surface area contributed by atoms with Crippen molar-refractivity contribution in [2.45, 2.75) is 31.9 Å². The number of halogens is 1. The monoisotopic (exact) mass is 303 g/mol. The van der Waals surface area contributed by atoms with Crippen LogP contribution in [0.5, 0.6) is 0 Å². The summed E-state index contributed by atoms with van der Waals surface area (Å²) >= 11 is 4.86. The van der Waals surface area contributed by atoms with Crippen LogP contribution >= 0.6 is 27.3 Å². The van der Waals surface area contributed by atoms with E-state index in [0.717, 1.165) is 23.2 Å². The van der Waals surface area contributed by atoms with E-state index >= 15 is 0 Å². The van der Waals surface area contributed by atoms with Crippen molar-refractivity contribution < 1.29 is 9.53 Å². The van der Waals surface area contributed by atoms with Crippen LogP contribution in [0.2, 0.25) is 0 Å². The minimum atomic E-state index is -0.0232. The zero-order chi connectivity index (χ0) is 11.5. The van der Waals surface area contributed by atoms with Crippen molar-refractivity contribution in [3.05, 3.63) is 20.8 Å². The van der Waals surface area contributed by atoms with Crippen LogP contribution in [0.3, 0.4) is 0 Å². The maximum atomic E-state index is 11.8. The van der Waals surface area contributed by atoms with Crippen LogP contribution in [0.4, 0.5) is 0 Å². The standard InChI is InChI=1S/C11H14BrNO2S/c1-7(9-3-2-4-15-9)13-11(14)8-5-10(12)16-6-8/h5-7,9H,2-4H2,1H3,(H,13,14). The number of carbonyl (C=O) groups excluding carboxylic acids is 1. The minimum absolute atomic E-state index is 0.0232. The Morgan fingerprint density at radius 2 is 2.56 bits per heavy atom. The third kappa shape index (κ3) is 2.84. The number of hydrogen-bond acceptors (Lipinski definition) is 3. The van der Waals surface area contributed by atoms with Gasteiger partial charge in [-0.05, 0) is 41.8 Å². The highest BCUT2D eigenvalue weighted by atomic mass is 79.9. The van der Waals surface area contributed by atoms with E-state index < -0.39 is 0 Å². The molecule has 0 saturated carbocycles. The Morgan fingerprint density at radius 3 is 3.12 bits per heavy atom. The first-order chi connectivity index (χ1) is 7.66. The third-order valence-electron chi connectivity index (χ3n) is 2.71. The van der Waals surface area contributed by atoms with Gasteiger partial charge < -0.3 is 10.1 Å². The smallest absolute Gasteiger partial charge is 0.252 e. The molecule has 1 aliphatic heterocycles. The Balaban J connectivity index is 1.91. The van der Waals surface area contributed by atoms with Gasteiger partial charge in [0, 0.05) is 12.0 Å². The topological polar surface area (TPSA) is 38.3 Å². The average molecular weight is 304 g/mol. The molecule has 0 spiro atoms. The molecular formula is C11H14BrNO2S. The highest BCUT2D eigenvalue weighted by Crippen LogP contribution is 2.21. The summed E-state index contributed by atoms with van der Waals surface area (Å²) in [6.07, 6.45) is 2.30. The van der Waals surface area contributed by atoms with Gasteiger partial charge >= 0.3 is 0 Å². The van der Waals surface area contributed by atoms with Gasteiger partial charge in [-0.25, -0.2) is 0 Å². The van der Waals surface area contributed by atoms with Gasteiger partial charge in [0.05, 0.1) is 21.5 Å². The Bertz CT molecular complexity index is 374. The van der Waals surface area contributed by atoms with Crippen molar-refractivity contribution in [2.24, 2.45) is 0 Å². The fraction of sp³-hybridized carbons (Fsp3) is 0.545. The molecule has 1 N–H and O–H groups in total. The largest absolute Gasteiger partial charge is 0.376 e. The molecule has 1 saturated heterocycles. The SMILES string of the molecule is CC(NC(=O)c1csc(Br)c1)C1CCCO1. The maximum Gasteiger partial charge on any atom is 0.252 e. The summed E-state index contributed by atoms with van der Waals surface area (Å²) in [4.78, 5) is 11.8. The van der Waals surface area contributed by atoms with Gasteiger partial charge in [-0.3, -0.25) is 4.79 Å². The quantitative estimate of drug-likeness (QED) is 0.932. The lowest BCUT2D eigenvalue weighted by atomic mass is 10.1. The van der Waals surface area contributed by atoms with E-state index in [2.05, 4.69) is 21.2 Å². The first-order valence-corrected chi connectivity index (χ1v) is 7.00. The highest BCUT2D eigenvalue weighted by Gasteiger charge is 2.24. The second-order valence-electron chi connectivity index (χ2n) is 3.95. The minimum Gasteiger partial charge on any atom is -0.376 e. The normalized spacial score (nSPS) is 22.0. The molecule has 88 valence electrons. The van der Waals surface area contributed by atoms with E-state index in [9.17, 15) is 4.79 Å². The molecule has 2 rings (SSSR count). The number of rotatable bonds is 3. The van der Waals surface area contributed by atoms with Gasteiger partial charge in [0.25, 0.3) is 5.91 Å². The molecule has 0 bridgehead atoms. The number of carbonyl (C=O) groups is 1. The molecule has 1 aromatic heterocycles. The van der Waals surface area contributed by atoms with Crippen LogP contribution in [0.1, 0.15) is 30.1 Å². The molecule has 1 aromatic rings. The number of ether oxygens (including phenoxy) is 1.